The van der Waals surface area contributed by atoms with Crippen LogP contribution in [-0.4, -0.2) is 45.5 Å². The van der Waals surface area contributed by atoms with Crippen LogP contribution in [0, 0.1) is 5.92 Å². The monoisotopic (exact) mass is 229 g/mol. The first-order chi connectivity index (χ1) is 7.47. The molecule has 90 valence electrons. The Balaban J connectivity index is 2.75. The summed E-state index contributed by atoms with van der Waals surface area (Å²) < 4.78 is 0. The van der Waals surface area contributed by atoms with Crippen molar-refractivity contribution in [1.29, 1.82) is 0 Å². The Hall–Kier alpha value is -1.59. The number of hydrogen-bond donors (Lipinski definition) is 2. The maximum Gasteiger partial charge on any atom is 0.326 e. The Morgan fingerprint density at radius 3 is 2.50 bits per heavy atom. The van der Waals surface area contributed by atoms with Gasteiger partial charge in [0.1, 0.15) is 6.04 Å². The summed E-state index contributed by atoms with van der Waals surface area (Å²) in [6, 6.07) is -0.887. The molecule has 2 unspecified atom stereocenters. The Bertz CT molecular complexity index is 314. The van der Waals surface area contributed by atoms with Crippen LogP contribution >= 0.6 is 0 Å². The van der Waals surface area contributed by atoms with Gasteiger partial charge in [0.05, 0.1) is 5.92 Å². The second-order valence-corrected chi connectivity index (χ2v) is 3.93. The van der Waals surface area contributed by atoms with E-state index in [4.69, 9.17) is 10.2 Å². The smallest absolute Gasteiger partial charge is 0.326 e. The number of likely N-dealkylation sites (tertiary alicyclic amines) is 1. The van der Waals surface area contributed by atoms with Crippen molar-refractivity contribution in [2.45, 2.75) is 32.2 Å². The molecule has 0 aliphatic carbocycles. The molecule has 2 N–H and O–H groups in total. The molecule has 1 fully saturated rings. The summed E-state index contributed by atoms with van der Waals surface area (Å²) in [6.45, 7) is 1.83. The predicted molar refractivity (Wildman–Crippen MR) is 53.8 cm³/mol. The highest BCUT2D eigenvalue weighted by Gasteiger charge is 2.39. The average Bonchev–Trinajstić information content (AvgIpc) is 2.56. The van der Waals surface area contributed by atoms with Crippen molar-refractivity contribution < 1.29 is 24.6 Å². The topological polar surface area (TPSA) is 94.9 Å². The zero-order valence-corrected chi connectivity index (χ0v) is 9.05. The maximum atomic E-state index is 11.5. The highest BCUT2D eigenvalue weighted by molar-refractivity contribution is 5.89. The van der Waals surface area contributed by atoms with Gasteiger partial charge in [0.25, 0.3) is 0 Å². The fraction of sp³-hybridized carbons (Fsp3) is 0.700. The van der Waals surface area contributed by atoms with Crippen LogP contribution in [0.25, 0.3) is 0 Å². The lowest BCUT2D eigenvalue weighted by atomic mass is 10.1. The highest BCUT2D eigenvalue weighted by Crippen LogP contribution is 2.22. The molecule has 0 saturated carbocycles. The minimum Gasteiger partial charge on any atom is -0.481 e. The number of nitrogens with zero attached hydrogens (tertiary/aromatic N) is 1. The molecule has 1 aliphatic heterocycles. The van der Waals surface area contributed by atoms with Crippen LogP contribution in [0.2, 0.25) is 0 Å². The zero-order chi connectivity index (χ0) is 12.3. The van der Waals surface area contributed by atoms with Crippen molar-refractivity contribution in [3.05, 3.63) is 0 Å². The van der Waals surface area contributed by atoms with Crippen molar-refractivity contribution in [3.63, 3.8) is 0 Å². The van der Waals surface area contributed by atoms with Crippen LogP contribution in [0.15, 0.2) is 0 Å². The number of hydrogen-bond acceptors (Lipinski definition) is 3. The number of carbonyl (C=O) groups is 3. The molecule has 0 aromatic carbocycles. The van der Waals surface area contributed by atoms with E-state index in [1.807, 2.05) is 6.92 Å². The van der Waals surface area contributed by atoms with Crippen molar-refractivity contribution >= 4 is 17.8 Å². The molecule has 1 saturated heterocycles. The Morgan fingerprint density at radius 1 is 1.50 bits per heavy atom. The van der Waals surface area contributed by atoms with Crippen LogP contribution in [0.4, 0.5) is 0 Å². The summed E-state index contributed by atoms with van der Waals surface area (Å²) >= 11 is 0. The van der Waals surface area contributed by atoms with Crippen LogP contribution < -0.4 is 0 Å². The van der Waals surface area contributed by atoms with Gasteiger partial charge in [0, 0.05) is 13.0 Å². The fourth-order valence-corrected chi connectivity index (χ4v) is 1.88. The third-order valence-corrected chi connectivity index (χ3v) is 2.73. The van der Waals surface area contributed by atoms with Crippen LogP contribution in [-0.2, 0) is 14.4 Å². The molecule has 1 rings (SSSR count). The van der Waals surface area contributed by atoms with Crippen molar-refractivity contribution in [2.24, 2.45) is 5.92 Å². The molecule has 0 radical (unpaired) electrons. The van der Waals surface area contributed by atoms with E-state index in [9.17, 15) is 14.4 Å². The van der Waals surface area contributed by atoms with Crippen LogP contribution in [0.5, 0.6) is 0 Å². The van der Waals surface area contributed by atoms with E-state index >= 15 is 0 Å². The molecule has 16 heavy (non-hydrogen) atoms. The molecular formula is C10H15NO5. The van der Waals surface area contributed by atoms with Gasteiger partial charge in [0.15, 0.2) is 0 Å². The Morgan fingerprint density at radius 2 is 2.12 bits per heavy atom. The summed E-state index contributed by atoms with van der Waals surface area (Å²) in [5.74, 6) is -3.27. The highest BCUT2D eigenvalue weighted by atomic mass is 16.4. The summed E-state index contributed by atoms with van der Waals surface area (Å²) in [5.41, 5.74) is 0. The molecule has 6 nitrogen and oxygen atoms in total. The molecule has 0 aromatic heterocycles. The second kappa shape index (κ2) is 4.96. The van der Waals surface area contributed by atoms with E-state index in [1.54, 1.807) is 0 Å². The lowest BCUT2D eigenvalue weighted by Gasteiger charge is -2.23. The summed E-state index contributed by atoms with van der Waals surface area (Å²) in [5, 5.41) is 17.7. The first-order valence-electron chi connectivity index (χ1n) is 5.22. The van der Waals surface area contributed by atoms with E-state index in [1.165, 1.54) is 4.90 Å². The Kier molecular flexibility index (Phi) is 3.87. The van der Waals surface area contributed by atoms with E-state index < -0.39 is 23.9 Å². The van der Waals surface area contributed by atoms with E-state index in [0.717, 1.165) is 0 Å². The molecule has 1 heterocycles. The number of amides is 1. The lowest BCUT2D eigenvalue weighted by molar-refractivity contribution is -0.148. The van der Waals surface area contributed by atoms with Gasteiger partial charge in [-0.2, -0.15) is 0 Å². The van der Waals surface area contributed by atoms with Gasteiger partial charge in [-0.25, -0.2) is 4.79 Å². The second-order valence-electron chi connectivity index (χ2n) is 3.93. The molecule has 6 heteroatoms. The van der Waals surface area contributed by atoms with Crippen molar-refractivity contribution in [3.8, 4) is 0 Å². The Labute approximate surface area is 92.9 Å². The summed E-state index contributed by atoms with van der Waals surface area (Å²) in [4.78, 5) is 34.4. The van der Waals surface area contributed by atoms with Gasteiger partial charge in [-0.3, -0.25) is 9.59 Å². The van der Waals surface area contributed by atoms with E-state index in [-0.39, 0.29) is 18.9 Å². The largest absolute Gasteiger partial charge is 0.481 e. The number of aliphatic carboxylic acids is 2. The quantitative estimate of drug-likeness (QED) is 0.700. The predicted octanol–water partition coefficient (Wildman–Crippen LogP) is 0.173. The number of carboxylic acids is 2. The third-order valence-electron chi connectivity index (χ3n) is 2.73. The normalized spacial score (nSPS) is 22.2. The van der Waals surface area contributed by atoms with Crippen molar-refractivity contribution in [2.75, 3.05) is 6.54 Å². The molecular weight excluding hydrogens is 214 g/mol. The maximum absolute atomic E-state index is 11.5. The van der Waals surface area contributed by atoms with Gasteiger partial charge >= 0.3 is 11.9 Å². The minimum atomic E-state index is -1.07. The SMILES string of the molecule is CCCC(C(=O)O)N1CC(C(=O)O)CC1=O. The average molecular weight is 229 g/mol. The van der Waals surface area contributed by atoms with Gasteiger partial charge in [-0.15, -0.1) is 0 Å². The molecule has 0 bridgehead atoms. The number of carbonyl (C=O) groups excluding carboxylic acids is 1. The summed E-state index contributed by atoms with van der Waals surface area (Å²) in [7, 11) is 0. The van der Waals surface area contributed by atoms with Crippen LogP contribution in [0.1, 0.15) is 26.2 Å². The first kappa shape index (κ1) is 12.5. The third kappa shape index (κ3) is 2.50. The summed E-state index contributed by atoms with van der Waals surface area (Å²) in [6.07, 6.45) is 0.898. The van der Waals surface area contributed by atoms with Gasteiger partial charge in [-0.1, -0.05) is 13.3 Å². The van der Waals surface area contributed by atoms with Gasteiger partial charge in [-0.05, 0) is 6.42 Å². The standard InChI is InChI=1S/C10H15NO5/c1-2-3-7(10(15)16)11-5-6(9(13)14)4-8(11)12/h6-7H,2-5H2,1H3,(H,13,14)(H,15,16). The number of carboxylic acid groups (broad SMARTS) is 2. The van der Waals surface area contributed by atoms with E-state index in [0.29, 0.717) is 12.8 Å². The van der Waals surface area contributed by atoms with E-state index in [2.05, 4.69) is 0 Å². The molecule has 0 aromatic rings. The molecule has 1 aliphatic rings. The fourth-order valence-electron chi connectivity index (χ4n) is 1.88. The van der Waals surface area contributed by atoms with Gasteiger partial charge in [0.2, 0.25) is 5.91 Å². The van der Waals surface area contributed by atoms with Crippen LogP contribution in [0.3, 0.4) is 0 Å². The lowest BCUT2D eigenvalue weighted by Crippen LogP contribution is -2.42. The van der Waals surface area contributed by atoms with Gasteiger partial charge < -0.3 is 15.1 Å². The molecule has 0 spiro atoms. The van der Waals surface area contributed by atoms with Crippen molar-refractivity contribution in [1.82, 2.24) is 4.90 Å². The minimum absolute atomic E-state index is 0.00509. The first-order valence-corrected chi connectivity index (χ1v) is 5.22. The number of rotatable bonds is 5. The molecule has 1 amide bonds. The zero-order valence-electron chi connectivity index (χ0n) is 9.05. The molecule has 2 atom stereocenters.